The molecular formula is C12H21N5OS. The lowest BCUT2D eigenvalue weighted by molar-refractivity contribution is 0.222. The number of hydrogen-bond acceptors (Lipinski definition) is 7. The number of aromatic nitrogens is 3. The summed E-state index contributed by atoms with van der Waals surface area (Å²) in [4.78, 5) is 12.8. The first-order valence-corrected chi connectivity index (χ1v) is 7.77. The van der Waals surface area contributed by atoms with Crippen LogP contribution in [-0.4, -0.2) is 45.7 Å². The Morgan fingerprint density at radius 3 is 2.47 bits per heavy atom. The Kier molecular flexibility index (Phi) is 5.07. The van der Waals surface area contributed by atoms with Crippen molar-refractivity contribution in [1.82, 2.24) is 15.0 Å². The van der Waals surface area contributed by atoms with Crippen LogP contribution >= 0.6 is 11.8 Å². The quantitative estimate of drug-likeness (QED) is 0.856. The van der Waals surface area contributed by atoms with Crippen molar-refractivity contribution >= 4 is 23.7 Å². The third kappa shape index (κ3) is 4.41. The lowest BCUT2D eigenvalue weighted by Crippen LogP contribution is -2.26. The number of hydrogen-bond donors (Lipinski definition) is 2. The summed E-state index contributed by atoms with van der Waals surface area (Å²) in [5, 5.41) is 6.31. The highest BCUT2D eigenvalue weighted by Gasteiger charge is 2.16. The number of thioether (sulfide) groups is 1. The maximum atomic E-state index is 5.54. The smallest absolute Gasteiger partial charge is 0.323 e. The topological polar surface area (TPSA) is 72.0 Å². The van der Waals surface area contributed by atoms with Gasteiger partial charge in [-0.15, -0.1) is 0 Å². The van der Waals surface area contributed by atoms with Gasteiger partial charge in [-0.05, 0) is 38.2 Å². The third-order valence-corrected chi connectivity index (χ3v) is 3.78. The van der Waals surface area contributed by atoms with E-state index in [0.29, 0.717) is 23.9 Å². The van der Waals surface area contributed by atoms with Crippen LogP contribution in [0.3, 0.4) is 0 Å². The number of ether oxygens (including phenoxy) is 1. The number of rotatable bonds is 5. The van der Waals surface area contributed by atoms with Gasteiger partial charge < -0.3 is 15.4 Å². The zero-order valence-electron chi connectivity index (χ0n) is 11.6. The summed E-state index contributed by atoms with van der Waals surface area (Å²) in [6.45, 7) is 3.91. The average molecular weight is 283 g/mol. The summed E-state index contributed by atoms with van der Waals surface area (Å²) >= 11 is 2.00. The summed E-state index contributed by atoms with van der Waals surface area (Å²) in [5.74, 6) is 3.50. The molecule has 0 aliphatic carbocycles. The minimum absolute atomic E-state index is 0.0473. The molecule has 0 radical (unpaired) electrons. The first-order valence-electron chi connectivity index (χ1n) is 6.62. The molecule has 0 amide bonds. The Balaban J connectivity index is 2.09. The standard InChI is InChI=1S/C12H21N5OS/c1-8(2)18-12-16-10(13-3)15-11(17-12)14-9-4-6-19-7-5-9/h8-9H,4-7H2,1-3H3,(H2,13,14,15,16,17). The van der Waals surface area contributed by atoms with E-state index in [2.05, 4.69) is 25.6 Å². The molecule has 19 heavy (non-hydrogen) atoms. The van der Waals surface area contributed by atoms with Crippen LogP contribution in [0, 0.1) is 0 Å². The van der Waals surface area contributed by atoms with Gasteiger partial charge in [0.2, 0.25) is 11.9 Å². The Bertz CT molecular complexity index is 409. The van der Waals surface area contributed by atoms with Crippen molar-refractivity contribution in [3.8, 4) is 6.01 Å². The fraction of sp³-hybridized carbons (Fsp3) is 0.750. The van der Waals surface area contributed by atoms with Crippen LogP contribution in [0.25, 0.3) is 0 Å². The van der Waals surface area contributed by atoms with Gasteiger partial charge in [0.25, 0.3) is 0 Å². The molecule has 2 rings (SSSR count). The van der Waals surface area contributed by atoms with E-state index in [1.54, 1.807) is 7.05 Å². The Morgan fingerprint density at radius 2 is 1.84 bits per heavy atom. The van der Waals surface area contributed by atoms with E-state index in [-0.39, 0.29) is 6.10 Å². The highest BCUT2D eigenvalue weighted by Crippen LogP contribution is 2.20. The second-order valence-corrected chi connectivity index (χ2v) is 5.94. The van der Waals surface area contributed by atoms with Crippen LogP contribution in [-0.2, 0) is 0 Å². The van der Waals surface area contributed by atoms with Crippen molar-refractivity contribution < 1.29 is 4.74 Å². The minimum Gasteiger partial charge on any atom is -0.461 e. The maximum absolute atomic E-state index is 5.54. The second-order valence-electron chi connectivity index (χ2n) is 4.71. The van der Waals surface area contributed by atoms with Crippen molar-refractivity contribution in [3.05, 3.63) is 0 Å². The monoisotopic (exact) mass is 283 g/mol. The molecule has 1 aromatic rings. The molecule has 0 bridgehead atoms. The molecule has 0 spiro atoms. The first kappa shape index (κ1) is 14.2. The Morgan fingerprint density at radius 1 is 1.16 bits per heavy atom. The summed E-state index contributed by atoms with van der Waals surface area (Å²) in [5.41, 5.74) is 0. The fourth-order valence-electron chi connectivity index (χ4n) is 1.82. The van der Waals surface area contributed by atoms with E-state index < -0.39 is 0 Å². The second kappa shape index (κ2) is 6.79. The lowest BCUT2D eigenvalue weighted by Gasteiger charge is -2.22. The van der Waals surface area contributed by atoms with E-state index in [9.17, 15) is 0 Å². The van der Waals surface area contributed by atoms with Gasteiger partial charge >= 0.3 is 6.01 Å². The molecule has 1 aliphatic rings. The van der Waals surface area contributed by atoms with Crippen molar-refractivity contribution in [1.29, 1.82) is 0 Å². The van der Waals surface area contributed by atoms with Gasteiger partial charge in [-0.3, -0.25) is 0 Å². The Labute approximate surface area is 118 Å². The van der Waals surface area contributed by atoms with Gasteiger partial charge in [0, 0.05) is 13.1 Å². The molecule has 0 atom stereocenters. The molecule has 106 valence electrons. The summed E-state index contributed by atoms with van der Waals surface area (Å²) < 4.78 is 5.54. The number of anilines is 2. The van der Waals surface area contributed by atoms with Crippen LogP contribution in [0.2, 0.25) is 0 Å². The van der Waals surface area contributed by atoms with E-state index >= 15 is 0 Å². The molecule has 0 saturated carbocycles. The molecule has 1 fully saturated rings. The molecular weight excluding hydrogens is 262 g/mol. The largest absolute Gasteiger partial charge is 0.461 e. The number of nitrogens with zero attached hydrogens (tertiary/aromatic N) is 3. The highest BCUT2D eigenvalue weighted by molar-refractivity contribution is 7.99. The molecule has 7 heteroatoms. The van der Waals surface area contributed by atoms with Crippen LogP contribution < -0.4 is 15.4 Å². The van der Waals surface area contributed by atoms with Crippen molar-refractivity contribution in [2.24, 2.45) is 0 Å². The van der Waals surface area contributed by atoms with Gasteiger partial charge in [0.1, 0.15) is 0 Å². The predicted molar refractivity (Wildman–Crippen MR) is 79.1 cm³/mol. The minimum atomic E-state index is 0.0473. The molecule has 6 nitrogen and oxygen atoms in total. The van der Waals surface area contributed by atoms with Gasteiger partial charge in [-0.25, -0.2) is 0 Å². The molecule has 1 aliphatic heterocycles. The predicted octanol–water partition coefficient (Wildman–Crippen LogP) is 2.01. The fourth-order valence-corrected chi connectivity index (χ4v) is 2.93. The molecule has 0 aromatic carbocycles. The third-order valence-electron chi connectivity index (χ3n) is 2.73. The van der Waals surface area contributed by atoms with Crippen molar-refractivity contribution in [2.75, 3.05) is 29.2 Å². The molecule has 1 aromatic heterocycles. The normalized spacial score (nSPS) is 16.4. The van der Waals surface area contributed by atoms with Gasteiger partial charge in [0.15, 0.2) is 0 Å². The van der Waals surface area contributed by atoms with Crippen LogP contribution in [0.15, 0.2) is 0 Å². The lowest BCUT2D eigenvalue weighted by atomic mass is 10.2. The van der Waals surface area contributed by atoms with E-state index in [1.165, 1.54) is 11.5 Å². The molecule has 0 unspecified atom stereocenters. The summed E-state index contributed by atoms with van der Waals surface area (Å²) in [6, 6.07) is 0.808. The molecule has 2 heterocycles. The van der Waals surface area contributed by atoms with E-state index in [4.69, 9.17) is 4.74 Å². The van der Waals surface area contributed by atoms with Crippen LogP contribution in [0.1, 0.15) is 26.7 Å². The maximum Gasteiger partial charge on any atom is 0.323 e. The van der Waals surface area contributed by atoms with Gasteiger partial charge in [0.05, 0.1) is 6.10 Å². The zero-order chi connectivity index (χ0) is 13.7. The van der Waals surface area contributed by atoms with Gasteiger partial charge in [-0.2, -0.15) is 26.7 Å². The molecule has 2 N–H and O–H groups in total. The SMILES string of the molecule is CNc1nc(NC2CCSCC2)nc(OC(C)C)n1. The average Bonchev–Trinajstić information content (AvgIpc) is 2.38. The highest BCUT2D eigenvalue weighted by atomic mass is 32.2. The first-order chi connectivity index (χ1) is 9.17. The number of nitrogens with one attached hydrogen (secondary N) is 2. The van der Waals surface area contributed by atoms with E-state index in [1.807, 2.05) is 25.6 Å². The molecule has 1 saturated heterocycles. The Hall–Kier alpha value is -1.24. The summed E-state index contributed by atoms with van der Waals surface area (Å²) in [6.07, 6.45) is 2.34. The zero-order valence-corrected chi connectivity index (χ0v) is 12.5. The van der Waals surface area contributed by atoms with Crippen LogP contribution in [0.5, 0.6) is 6.01 Å². The van der Waals surface area contributed by atoms with Gasteiger partial charge in [-0.1, -0.05) is 0 Å². The van der Waals surface area contributed by atoms with Crippen LogP contribution in [0.4, 0.5) is 11.9 Å². The summed E-state index contributed by atoms with van der Waals surface area (Å²) in [7, 11) is 1.79. The van der Waals surface area contributed by atoms with Crippen molar-refractivity contribution in [3.63, 3.8) is 0 Å². The van der Waals surface area contributed by atoms with E-state index in [0.717, 1.165) is 12.8 Å². The van der Waals surface area contributed by atoms with Crippen molar-refractivity contribution in [2.45, 2.75) is 38.8 Å².